The van der Waals surface area contributed by atoms with Gasteiger partial charge in [-0.2, -0.15) is 0 Å². The van der Waals surface area contributed by atoms with E-state index < -0.39 is 0 Å². The van der Waals surface area contributed by atoms with E-state index in [1.807, 2.05) is 13.8 Å². The summed E-state index contributed by atoms with van der Waals surface area (Å²) in [5.74, 6) is 1.01. The average molecular weight is 442 g/mol. The zero-order valence-electron chi connectivity index (χ0n) is 21.3. The molecule has 0 saturated carbocycles. The lowest BCUT2D eigenvalue weighted by Gasteiger charge is -2.13. The highest BCUT2D eigenvalue weighted by molar-refractivity contribution is 5.71. The fraction of sp³-hybridized carbons (Fsp3) is 0.344. The van der Waals surface area contributed by atoms with Gasteiger partial charge in [0.15, 0.2) is 0 Å². The van der Waals surface area contributed by atoms with Crippen molar-refractivity contribution in [1.82, 2.24) is 4.98 Å². The monoisotopic (exact) mass is 441 g/mol. The summed E-state index contributed by atoms with van der Waals surface area (Å²) in [7, 11) is 0. The highest BCUT2D eigenvalue weighted by atomic mass is 14.7. The molecule has 1 heterocycles. The van der Waals surface area contributed by atoms with Gasteiger partial charge >= 0.3 is 0 Å². The summed E-state index contributed by atoms with van der Waals surface area (Å²) in [5.41, 5.74) is 11.6. The number of pyridine rings is 1. The van der Waals surface area contributed by atoms with Crippen molar-refractivity contribution in [3.63, 3.8) is 0 Å². The van der Waals surface area contributed by atoms with Crippen molar-refractivity contribution < 1.29 is 2.85 Å². The molecule has 4 rings (SSSR count). The minimum atomic E-state index is 0. The van der Waals surface area contributed by atoms with Crippen molar-refractivity contribution in [3.05, 3.63) is 118 Å². The second-order valence-corrected chi connectivity index (χ2v) is 9.34. The van der Waals surface area contributed by atoms with Gasteiger partial charge in [-0.05, 0) is 76.7 Å². The third kappa shape index (κ3) is 5.90. The summed E-state index contributed by atoms with van der Waals surface area (Å²) in [6, 6.07) is 6.38. The summed E-state index contributed by atoms with van der Waals surface area (Å²) in [6.07, 6.45) is 21.0. The zero-order chi connectivity index (χ0) is 24.0. The summed E-state index contributed by atoms with van der Waals surface area (Å²) >= 11 is 0. The van der Waals surface area contributed by atoms with E-state index in [0.29, 0.717) is 11.8 Å². The van der Waals surface area contributed by atoms with Crippen LogP contribution in [0.5, 0.6) is 0 Å². The maximum atomic E-state index is 4.87. The van der Waals surface area contributed by atoms with Crippen LogP contribution >= 0.6 is 0 Å². The van der Waals surface area contributed by atoms with Crippen molar-refractivity contribution in [2.75, 3.05) is 0 Å². The Kier molecular flexibility index (Phi) is 8.44. The molecule has 3 aliphatic rings. The number of allylic oxidation sites excluding steroid dienone is 15. The molecule has 0 N–H and O–H groups in total. The Bertz CT molecular complexity index is 1120. The van der Waals surface area contributed by atoms with Gasteiger partial charge in [0.25, 0.3) is 0 Å². The molecule has 1 heteroatoms. The summed E-state index contributed by atoms with van der Waals surface area (Å²) in [6.45, 7) is 17.3. The van der Waals surface area contributed by atoms with E-state index in [4.69, 9.17) is 4.98 Å². The van der Waals surface area contributed by atoms with Gasteiger partial charge in [0.05, 0.1) is 5.69 Å². The number of rotatable bonds is 6. The van der Waals surface area contributed by atoms with Gasteiger partial charge in [0.2, 0.25) is 0 Å². The Balaban J connectivity index is 0.00000149. The Labute approximate surface area is 204 Å². The van der Waals surface area contributed by atoms with Gasteiger partial charge < -0.3 is 0 Å². The van der Waals surface area contributed by atoms with Crippen molar-refractivity contribution in [2.45, 2.75) is 66.7 Å². The molecule has 0 atom stereocenters. The molecule has 1 aromatic rings. The minimum absolute atomic E-state index is 0. The molecule has 0 unspecified atom stereocenters. The van der Waals surface area contributed by atoms with E-state index in [1.54, 1.807) is 0 Å². The van der Waals surface area contributed by atoms with Gasteiger partial charge in [-0.3, -0.25) is 4.98 Å². The van der Waals surface area contributed by atoms with Gasteiger partial charge in [-0.1, -0.05) is 108 Å². The molecule has 0 bridgehead atoms. The molecule has 0 aromatic carbocycles. The summed E-state index contributed by atoms with van der Waals surface area (Å²) < 4.78 is 0. The molecule has 0 amide bonds. The maximum absolute atomic E-state index is 4.87. The van der Waals surface area contributed by atoms with Crippen LogP contribution in [0.1, 0.15) is 81.0 Å². The van der Waals surface area contributed by atoms with Gasteiger partial charge in [-0.15, -0.1) is 0 Å². The normalized spacial score (nSPS) is 17.6. The van der Waals surface area contributed by atoms with E-state index in [9.17, 15) is 0 Å². The number of nitrogens with zero attached hydrogens (tertiary/aromatic N) is 1. The first kappa shape index (κ1) is 24.7. The van der Waals surface area contributed by atoms with Crippen LogP contribution in [-0.4, -0.2) is 4.98 Å². The van der Waals surface area contributed by atoms with Gasteiger partial charge in [-0.25, -0.2) is 0 Å². The largest absolute Gasteiger partial charge is 0.253 e. The number of aromatic nitrogens is 1. The van der Waals surface area contributed by atoms with E-state index in [-0.39, 0.29) is 2.85 Å². The van der Waals surface area contributed by atoms with Crippen LogP contribution in [0.3, 0.4) is 0 Å². The molecule has 0 radical (unpaired) electrons. The second-order valence-electron chi connectivity index (χ2n) is 9.34. The second kappa shape index (κ2) is 11.3. The quantitative estimate of drug-likeness (QED) is 0.428. The molecular weight excluding hydrogens is 398 g/mol. The third-order valence-electron chi connectivity index (χ3n) is 6.37. The molecular formula is C32H43N. The van der Waals surface area contributed by atoms with Crippen LogP contribution in [0, 0.1) is 5.92 Å². The summed E-state index contributed by atoms with van der Waals surface area (Å²) in [5, 5.41) is 0. The molecule has 33 heavy (non-hydrogen) atoms. The summed E-state index contributed by atoms with van der Waals surface area (Å²) in [4.78, 5) is 4.87. The Morgan fingerprint density at radius 3 is 2.45 bits per heavy atom. The van der Waals surface area contributed by atoms with E-state index in [2.05, 4.69) is 101 Å². The Morgan fingerprint density at radius 1 is 0.939 bits per heavy atom. The smallest absolute Gasteiger partial charge is 0.0668 e. The SMILES string of the molecule is C=C1C(CC2=CC=C(c3cccc(C(C)C)n3)C2)=CC=C1C1=CC=CC(C(C)C)=CC1.CC.[HH].[HH]. The highest BCUT2D eigenvalue weighted by Gasteiger charge is 2.20. The third-order valence-corrected chi connectivity index (χ3v) is 6.37. The first-order chi connectivity index (χ1) is 15.9. The standard InChI is InChI=1S/C30H33N.C2H6.2H2/c1-20(2)24-8-6-9-25(15-14-24)28-17-16-26(22(28)5)18-23-12-13-27(19-23)30-11-7-10-29(31-30)21(3)4;1-2;;/h6-14,16-17,20-21H,5,15,18-19H2,1-4H3;1-2H3;2*1H. The molecule has 0 aliphatic heterocycles. The van der Waals surface area contributed by atoms with Crippen LogP contribution in [0.25, 0.3) is 5.57 Å². The van der Waals surface area contributed by atoms with E-state index >= 15 is 0 Å². The fourth-order valence-corrected chi connectivity index (χ4v) is 4.37. The lowest BCUT2D eigenvalue weighted by Crippen LogP contribution is -1.97. The van der Waals surface area contributed by atoms with Crippen LogP contribution in [0.4, 0.5) is 0 Å². The zero-order valence-corrected chi connectivity index (χ0v) is 21.3. The fourth-order valence-electron chi connectivity index (χ4n) is 4.37. The molecule has 0 fully saturated rings. The molecule has 1 nitrogen and oxygen atoms in total. The molecule has 3 aliphatic carbocycles. The molecule has 1 aromatic heterocycles. The van der Waals surface area contributed by atoms with Crippen molar-refractivity contribution >= 4 is 5.57 Å². The molecule has 0 spiro atoms. The van der Waals surface area contributed by atoms with Gasteiger partial charge in [0, 0.05) is 8.55 Å². The van der Waals surface area contributed by atoms with Crippen LogP contribution in [0.15, 0.2) is 107 Å². The predicted octanol–water partition coefficient (Wildman–Crippen LogP) is 9.72. The first-order valence-corrected chi connectivity index (χ1v) is 12.5. The molecule has 176 valence electrons. The van der Waals surface area contributed by atoms with Crippen LogP contribution in [0.2, 0.25) is 0 Å². The predicted molar refractivity (Wildman–Crippen MR) is 149 cm³/mol. The average Bonchev–Trinajstić information content (AvgIpc) is 3.34. The van der Waals surface area contributed by atoms with E-state index in [0.717, 1.165) is 30.7 Å². The minimum Gasteiger partial charge on any atom is -0.253 e. The first-order valence-electron chi connectivity index (χ1n) is 12.5. The van der Waals surface area contributed by atoms with Crippen molar-refractivity contribution in [2.24, 2.45) is 5.92 Å². The lowest BCUT2D eigenvalue weighted by molar-refractivity contribution is 0.787. The van der Waals surface area contributed by atoms with Crippen molar-refractivity contribution in [1.29, 1.82) is 0 Å². The van der Waals surface area contributed by atoms with Crippen LogP contribution in [-0.2, 0) is 0 Å². The Hall–Kier alpha value is -2.93. The molecule has 0 saturated heterocycles. The van der Waals surface area contributed by atoms with Crippen LogP contribution < -0.4 is 0 Å². The Morgan fingerprint density at radius 2 is 1.73 bits per heavy atom. The number of hydrogen-bond acceptors (Lipinski definition) is 1. The lowest BCUT2D eigenvalue weighted by atomic mass is 9.91. The van der Waals surface area contributed by atoms with E-state index in [1.165, 1.54) is 39.0 Å². The topological polar surface area (TPSA) is 12.9 Å². The highest BCUT2D eigenvalue weighted by Crippen LogP contribution is 2.39. The number of hydrogen-bond donors (Lipinski definition) is 0. The van der Waals surface area contributed by atoms with Gasteiger partial charge in [0.1, 0.15) is 0 Å². The van der Waals surface area contributed by atoms with Crippen molar-refractivity contribution in [3.8, 4) is 0 Å². The maximum Gasteiger partial charge on any atom is 0.0668 e.